The molecule has 0 saturated heterocycles. The van der Waals surface area contributed by atoms with Crippen LogP contribution >= 0.6 is 0 Å². The van der Waals surface area contributed by atoms with Gasteiger partial charge in [-0.1, -0.05) is 139 Å². The van der Waals surface area contributed by atoms with E-state index in [1.54, 1.807) is 0 Å². The number of nitrogens with zero attached hydrogens (tertiary/aromatic N) is 2. The molecule has 0 aliphatic heterocycles. The molecule has 0 bridgehead atoms. The zero-order valence-corrected chi connectivity index (χ0v) is 27.3. The van der Waals surface area contributed by atoms with Crippen molar-refractivity contribution < 1.29 is 51.0 Å². The molecule has 0 saturated carbocycles. The van der Waals surface area contributed by atoms with Crippen LogP contribution in [0.5, 0.6) is 0 Å². The van der Waals surface area contributed by atoms with Crippen molar-refractivity contribution in [3.63, 3.8) is 0 Å². The maximum absolute atomic E-state index is 10.3. The van der Waals surface area contributed by atoms with E-state index in [1.807, 2.05) is 0 Å². The number of rotatable bonds is 6. The van der Waals surface area contributed by atoms with E-state index in [2.05, 4.69) is 0 Å². The van der Waals surface area contributed by atoms with E-state index < -0.39 is 305 Å². The van der Waals surface area contributed by atoms with Gasteiger partial charge in [0, 0.05) is 44.2 Å². The molecular weight excluding hydrogens is 669 g/mol. The molecule has 0 N–H and O–H groups in total. The molecule has 2 aromatic heterocycles. The van der Waals surface area contributed by atoms with Crippen molar-refractivity contribution in [2.24, 2.45) is 0 Å². The highest BCUT2D eigenvalue weighted by molar-refractivity contribution is 6.14. The Morgan fingerprint density at radius 2 is 1.05 bits per heavy atom. The molecule has 0 fully saturated rings. The summed E-state index contributed by atoms with van der Waals surface area (Å²) in [5, 5.41) is -4.05. The van der Waals surface area contributed by atoms with Crippen molar-refractivity contribution in [2.45, 2.75) is 0 Å². The van der Waals surface area contributed by atoms with E-state index in [4.69, 9.17) is 31.8 Å². The lowest BCUT2D eigenvalue weighted by atomic mass is 9.96. The minimum atomic E-state index is -1.38. The van der Waals surface area contributed by atoms with E-state index >= 15 is 0 Å². The predicted molar refractivity (Wildman–Crippen MR) is 231 cm³/mol. The van der Waals surface area contributed by atoms with Crippen LogP contribution in [0.2, 0.25) is 0 Å². The van der Waals surface area contributed by atoms with Gasteiger partial charge in [-0.3, -0.25) is 0 Å². The largest absolute Gasteiger partial charge is 0.455 e. The smallest absolute Gasteiger partial charge is 0.145 e. The first-order chi connectivity index (χ1) is 41.4. The van der Waals surface area contributed by atoms with Crippen LogP contribution in [0.4, 0.5) is 17.1 Å². The molecule has 258 valence electrons. The monoisotopic (exact) mass is 736 g/mol. The highest BCUT2D eigenvalue weighted by Gasteiger charge is 2.23. The number of hydrogen-bond acceptors (Lipinski definition) is 2. The Balaban J connectivity index is 1.43. The van der Waals surface area contributed by atoms with Crippen LogP contribution in [-0.2, 0) is 0 Å². The Kier molecular flexibility index (Phi) is 2.84. The molecule has 0 atom stereocenters. The van der Waals surface area contributed by atoms with Crippen molar-refractivity contribution >= 4 is 71.6 Å². The number of anilines is 3. The summed E-state index contributed by atoms with van der Waals surface area (Å²) in [6.07, 6.45) is 0. The molecule has 3 nitrogen and oxygen atoms in total. The van der Waals surface area contributed by atoms with Crippen LogP contribution in [0.1, 0.15) is 46.6 Å². The number of hydrogen-bond donors (Lipinski definition) is 0. The van der Waals surface area contributed by atoms with E-state index in [0.717, 1.165) is 0 Å². The quantitative estimate of drug-likeness (QED) is 0.169. The topological polar surface area (TPSA) is 21.3 Å². The second-order valence-corrected chi connectivity index (χ2v) is 11.5. The minimum absolute atomic E-state index is 0.292. The van der Waals surface area contributed by atoms with Crippen LogP contribution in [0.15, 0.2) is 210 Å². The zero-order chi connectivity index (χ0) is 65.9. The molecule has 11 rings (SSSR count). The van der Waals surface area contributed by atoms with Crippen molar-refractivity contribution in [3.8, 4) is 27.9 Å². The minimum Gasteiger partial charge on any atom is -0.455 e. The highest BCUT2D eigenvalue weighted by Crippen LogP contribution is 2.47. The zero-order valence-electron chi connectivity index (χ0n) is 61.3. The van der Waals surface area contributed by atoms with Crippen molar-refractivity contribution in [1.82, 2.24) is 4.57 Å². The Labute approximate surface area is 366 Å². The average Bonchev–Trinajstić information content (AvgIpc) is 1.73. The second-order valence-electron chi connectivity index (χ2n) is 11.5. The lowest BCUT2D eigenvalue weighted by Crippen LogP contribution is -2.11. The van der Waals surface area contributed by atoms with E-state index in [1.165, 1.54) is 0 Å². The normalized spacial score (nSPS) is 20.3. The van der Waals surface area contributed by atoms with Gasteiger partial charge in [-0.25, -0.2) is 0 Å². The van der Waals surface area contributed by atoms with Gasteiger partial charge >= 0.3 is 0 Å². The number of benzene rings is 9. The third kappa shape index (κ3) is 5.05. The van der Waals surface area contributed by atoms with Gasteiger partial charge in [-0.15, -0.1) is 0 Å². The maximum atomic E-state index is 10.3. The summed E-state index contributed by atoms with van der Waals surface area (Å²) in [5.74, 6) is 0. The Morgan fingerprint density at radius 3 is 1.84 bits per heavy atom. The molecule has 2 heterocycles. The lowest BCUT2D eigenvalue weighted by molar-refractivity contribution is 0.670. The van der Waals surface area contributed by atoms with E-state index in [-0.39, 0.29) is 0 Å². The van der Waals surface area contributed by atoms with E-state index in [0.29, 0.717) is 9.47 Å². The SMILES string of the molecule is [2H]c1c([2H])c([2H])c(N(c2c([2H])c([2H])c(-c3c([2H])c([2H])c([2H])c4c([2H])c([2H])c([2H])c([2H])c34)c([2H])c2[2H])c2c([2H])c([2H])c3c(oc4c([2H])c([2H])c([2H])c([2H])c43)c2-c2c([2H])c([2H])c([2H])c(-n3c4c([2H])c([2H])c([2H])c([2H])c4c4c([2H])c([2H])c([2H])c([2H])c43)c2[2H])c([2H])c1[2H]. The van der Waals surface area contributed by atoms with Gasteiger partial charge < -0.3 is 13.9 Å². The van der Waals surface area contributed by atoms with Crippen LogP contribution in [0, 0.1) is 0 Å². The molecule has 0 amide bonds. The summed E-state index contributed by atoms with van der Waals surface area (Å²) in [4.78, 5) is 0.292. The molecule has 0 radical (unpaired) electrons. The molecule has 0 unspecified atom stereocenters. The molecule has 55 heavy (non-hydrogen) atoms. The average molecular weight is 737 g/mol. The van der Waals surface area contributed by atoms with Gasteiger partial charge in [0.2, 0.25) is 0 Å². The highest BCUT2D eigenvalue weighted by atomic mass is 16.3. The molecular formula is C52H34N2O. The Bertz CT molecular complexity index is 5060. The van der Waals surface area contributed by atoms with Gasteiger partial charge in [0.05, 0.1) is 63.3 Å². The van der Waals surface area contributed by atoms with Crippen molar-refractivity contribution in [2.75, 3.05) is 4.90 Å². The van der Waals surface area contributed by atoms with Gasteiger partial charge in [0.15, 0.2) is 0 Å². The van der Waals surface area contributed by atoms with Gasteiger partial charge in [0.1, 0.15) is 11.2 Å². The predicted octanol–water partition coefficient (Wildman–Crippen LogP) is 14.6. The van der Waals surface area contributed by atoms with Gasteiger partial charge in [0.25, 0.3) is 0 Å². The third-order valence-electron chi connectivity index (χ3n) is 8.55. The van der Waals surface area contributed by atoms with Gasteiger partial charge in [-0.05, 0) is 93.9 Å². The standard InChI is InChI=1S/C52H34N2O/c1-2-17-38(18-3-1)53(39-30-28-36(29-31-39)42-24-13-15-35-14-4-5-20-41(35)42)49-33-32-46-45-23-8-11-27-50(45)55-52(46)51(49)37-16-12-19-40(34-37)54-47-25-9-6-21-43(47)44-22-7-10-26-48(44)54/h1-34H/i1D,2D,3D,4D,5D,6D,7D,8D,9D,10D,11D,12D,13D,14D,15D,16D,17D,18D,19D,20D,21D,22D,23D,24D,25D,26D,27D,28D,29D,30D,31D,32D,33D,34D. The van der Waals surface area contributed by atoms with Crippen LogP contribution in [0.3, 0.4) is 0 Å². The molecule has 9 aromatic carbocycles. The Morgan fingerprint density at radius 1 is 0.436 bits per heavy atom. The third-order valence-corrected chi connectivity index (χ3v) is 8.55. The first-order valence-corrected chi connectivity index (χ1v) is 16.0. The first kappa shape index (κ1) is 12.3. The molecule has 0 aliphatic carbocycles. The molecule has 3 heteroatoms. The number of aromatic nitrogens is 1. The maximum Gasteiger partial charge on any atom is 0.145 e. The van der Waals surface area contributed by atoms with Crippen molar-refractivity contribution in [3.05, 3.63) is 205 Å². The van der Waals surface area contributed by atoms with Crippen molar-refractivity contribution in [1.29, 1.82) is 0 Å². The molecule has 11 aromatic rings. The first-order valence-electron chi connectivity index (χ1n) is 33.0. The number of fused-ring (bicyclic) bond motifs is 7. The summed E-state index contributed by atoms with van der Waals surface area (Å²) < 4.78 is 317. The fraction of sp³-hybridized carbons (Fsp3) is 0. The summed E-state index contributed by atoms with van der Waals surface area (Å²) in [6.45, 7) is 0. The number of furan rings is 1. The summed E-state index contributed by atoms with van der Waals surface area (Å²) in [7, 11) is 0. The summed E-state index contributed by atoms with van der Waals surface area (Å²) in [6, 6.07) is -36.9. The fourth-order valence-electron chi connectivity index (χ4n) is 6.26. The fourth-order valence-corrected chi connectivity index (χ4v) is 6.26. The van der Waals surface area contributed by atoms with E-state index in [9.17, 15) is 19.2 Å². The second kappa shape index (κ2) is 12.6. The molecule has 0 aliphatic rings. The van der Waals surface area contributed by atoms with Crippen LogP contribution in [-0.4, -0.2) is 4.57 Å². The Hall–Kier alpha value is -7.36. The van der Waals surface area contributed by atoms with Crippen LogP contribution < -0.4 is 4.90 Å². The summed E-state index contributed by atoms with van der Waals surface area (Å²) >= 11 is 0. The number of para-hydroxylation sites is 4. The van der Waals surface area contributed by atoms with Crippen LogP contribution in [0.25, 0.3) is 82.5 Å². The van der Waals surface area contributed by atoms with Gasteiger partial charge in [-0.2, -0.15) is 0 Å². The lowest BCUT2D eigenvalue weighted by Gasteiger charge is -2.28. The molecule has 0 spiro atoms. The summed E-state index contributed by atoms with van der Waals surface area (Å²) in [5.41, 5.74) is -12.1.